The lowest BCUT2D eigenvalue weighted by atomic mass is 9.91. The third-order valence-electron chi connectivity index (χ3n) is 3.60. The summed E-state index contributed by atoms with van der Waals surface area (Å²) < 4.78 is 0. The van der Waals surface area contributed by atoms with E-state index in [1.165, 1.54) is 29.1 Å². The van der Waals surface area contributed by atoms with E-state index >= 15 is 0 Å². The van der Waals surface area contributed by atoms with E-state index in [0.717, 1.165) is 28.5 Å². The first-order valence-electron chi connectivity index (χ1n) is 7.24. The van der Waals surface area contributed by atoms with Crippen molar-refractivity contribution in [2.45, 2.75) is 51.6 Å². The third-order valence-corrected chi connectivity index (χ3v) is 5.48. The van der Waals surface area contributed by atoms with E-state index in [1.807, 2.05) is 0 Å². The van der Waals surface area contributed by atoms with Crippen LogP contribution in [0.1, 0.15) is 53.9 Å². The molecule has 0 radical (unpaired) electrons. The molecule has 0 unspecified atom stereocenters. The van der Waals surface area contributed by atoms with Crippen LogP contribution < -0.4 is 4.90 Å². The van der Waals surface area contributed by atoms with E-state index in [0.29, 0.717) is 6.04 Å². The van der Waals surface area contributed by atoms with Crippen molar-refractivity contribution in [2.24, 2.45) is 0 Å². The molecule has 0 atom stereocenters. The molecule has 1 aliphatic rings. The average molecular weight is 320 g/mol. The van der Waals surface area contributed by atoms with Crippen LogP contribution >= 0.6 is 22.7 Å². The van der Waals surface area contributed by atoms with Crippen LogP contribution in [0.4, 0.5) is 5.13 Å². The molecular formula is C16H20N2OS2. The fraction of sp³-hybridized carbons (Fsp3) is 0.500. The Hall–Kier alpha value is -1.20. The van der Waals surface area contributed by atoms with Crippen LogP contribution in [0.15, 0.2) is 17.5 Å². The zero-order valence-corrected chi connectivity index (χ0v) is 14.3. The van der Waals surface area contributed by atoms with Crippen molar-refractivity contribution >= 4 is 34.1 Å². The SMILES string of the molecule is CC(C)(C)c1nc(N(Cc2cccs2)C2CC2)sc1C=O. The second kappa shape index (κ2) is 5.54. The number of rotatable bonds is 5. The van der Waals surface area contributed by atoms with E-state index in [1.54, 1.807) is 11.3 Å². The number of thiophene rings is 1. The molecule has 3 nitrogen and oxygen atoms in total. The molecule has 1 fully saturated rings. The largest absolute Gasteiger partial charge is 0.340 e. The maximum atomic E-state index is 11.4. The molecule has 0 bridgehead atoms. The minimum atomic E-state index is -0.0941. The third kappa shape index (κ3) is 3.19. The maximum Gasteiger partial charge on any atom is 0.186 e. The summed E-state index contributed by atoms with van der Waals surface area (Å²) in [7, 11) is 0. The molecule has 1 saturated carbocycles. The molecule has 21 heavy (non-hydrogen) atoms. The highest BCUT2D eigenvalue weighted by molar-refractivity contribution is 7.17. The Kier molecular flexibility index (Phi) is 3.88. The van der Waals surface area contributed by atoms with E-state index in [9.17, 15) is 4.79 Å². The molecule has 0 saturated heterocycles. The van der Waals surface area contributed by atoms with Crippen molar-refractivity contribution in [3.63, 3.8) is 0 Å². The molecule has 2 aromatic rings. The van der Waals surface area contributed by atoms with Gasteiger partial charge >= 0.3 is 0 Å². The zero-order chi connectivity index (χ0) is 15.0. The highest BCUT2D eigenvalue weighted by Gasteiger charge is 2.33. The van der Waals surface area contributed by atoms with Gasteiger partial charge in [-0.2, -0.15) is 0 Å². The molecule has 2 aromatic heterocycles. The number of anilines is 1. The first-order valence-corrected chi connectivity index (χ1v) is 8.94. The molecule has 0 aliphatic heterocycles. The van der Waals surface area contributed by atoms with Gasteiger partial charge < -0.3 is 4.90 Å². The Morgan fingerprint density at radius 1 is 1.43 bits per heavy atom. The fourth-order valence-electron chi connectivity index (χ4n) is 2.37. The molecule has 0 spiro atoms. The van der Waals surface area contributed by atoms with Gasteiger partial charge in [-0.05, 0) is 24.3 Å². The van der Waals surface area contributed by atoms with Gasteiger partial charge in [0, 0.05) is 16.3 Å². The van der Waals surface area contributed by atoms with Crippen molar-refractivity contribution in [3.05, 3.63) is 33.0 Å². The van der Waals surface area contributed by atoms with Gasteiger partial charge in [0.05, 0.1) is 17.1 Å². The van der Waals surface area contributed by atoms with Gasteiger partial charge in [0.2, 0.25) is 0 Å². The number of nitrogens with zero attached hydrogens (tertiary/aromatic N) is 2. The van der Waals surface area contributed by atoms with Crippen molar-refractivity contribution in [3.8, 4) is 0 Å². The Morgan fingerprint density at radius 2 is 2.19 bits per heavy atom. The van der Waals surface area contributed by atoms with Gasteiger partial charge in [0.1, 0.15) is 0 Å². The Bertz CT molecular complexity index is 621. The molecular weight excluding hydrogens is 300 g/mol. The highest BCUT2D eigenvalue weighted by Crippen LogP contribution is 2.39. The summed E-state index contributed by atoms with van der Waals surface area (Å²) >= 11 is 3.32. The summed E-state index contributed by atoms with van der Waals surface area (Å²) in [5.41, 5.74) is 0.831. The van der Waals surface area contributed by atoms with Gasteiger partial charge in [0.25, 0.3) is 0 Å². The summed E-state index contributed by atoms with van der Waals surface area (Å²) in [4.78, 5) is 20.7. The number of carbonyl (C=O) groups is 1. The van der Waals surface area contributed by atoms with Crippen LogP contribution in [-0.4, -0.2) is 17.3 Å². The van der Waals surface area contributed by atoms with Crippen molar-refractivity contribution in [1.82, 2.24) is 4.98 Å². The zero-order valence-electron chi connectivity index (χ0n) is 12.6. The smallest absolute Gasteiger partial charge is 0.186 e. The predicted molar refractivity (Wildman–Crippen MR) is 89.7 cm³/mol. The van der Waals surface area contributed by atoms with Crippen LogP contribution in [0.2, 0.25) is 0 Å². The highest BCUT2D eigenvalue weighted by atomic mass is 32.1. The molecule has 3 rings (SSSR count). The molecule has 1 aliphatic carbocycles. The van der Waals surface area contributed by atoms with Gasteiger partial charge in [-0.15, -0.1) is 11.3 Å². The van der Waals surface area contributed by atoms with Crippen LogP contribution in [0, 0.1) is 0 Å². The van der Waals surface area contributed by atoms with Crippen LogP contribution in [0.3, 0.4) is 0 Å². The summed E-state index contributed by atoms with van der Waals surface area (Å²) in [6.45, 7) is 7.23. The lowest BCUT2D eigenvalue weighted by Crippen LogP contribution is -2.24. The second-order valence-corrected chi connectivity index (χ2v) is 8.56. The maximum absolute atomic E-state index is 11.4. The number of thiazole rings is 1. The van der Waals surface area contributed by atoms with Gasteiger partial charge in [-0.1, -0.05) is 38.2 Å². The first kappa shape index (κ1) is 14.7. The Balaban J connectivity index is 1.93. The van der Waals surface area contributed by atoms with Crippen molar-refractivity contribution in [2.75, 3.05) is 4.90 Å². The predicted octanol–water partition coefficient (Wildman–Crippen LogP) is 4.48. The standard InChI is InChI=1S/C16H20N2OS2/c1-16(2,3)14-13(10-19)21-15(17-14)18(11-6-7-11)9-12-5-4-8-20-12/h4-5,8,10-11H,6-7,9H2,1-3H3. The fourth-order valence-corrected chi connectivity index (χ4v) is 4.23. The summed E-state index contributed by atoms with van der Waals surface area (Å²) in [5, 5.41) is 3.11. The number of hydrogen-bond acceptors (Lipinski definition) is 5. The minimum Gasteiger partial charge on any atom is -0.340 e. The lowest BCUT2D eigenvalue weighted by Gasteiger charge is -2.21. The van der Waals surface area contributed by atoms with E-state index in [2.05, 4.69) is 43.2 Å². The molecule has 5 heteroatoms. The normalized spacial score (nSPS) is 15.2. The topological polar surface area (TPSA) is 33.2 Å². The Morgan fingerprint density at radius 3 is 2.67 bits per heavy atom. The quantitative estimate of drug-likeness (QED) is 0.761. The molecule has 112 valence electrons. The van der Waals surface area contributed by atoms with Gasteiger partial charge in [-0.25, -0.2) is 4.98 Å². The van der Waals surface area contributed by atoms with Crippen LogP contribution in [-0.2, 0) is 12.0 Å². The minimum absolute atomic E-state index is 0.0941. The summed E-state index contributed by atoms with van der Waals surface area (Å²) in [5.74, 6) is 0. The number of aldehydes is 1. The van der Waals surface area contributed by atoms with Crippen molar-refractivity contribution in [1.29, 1.82) is 0 Å². The summed E-state index contributed by atoms with van der Waals surface area (Å²) in [6, 6.07) is 4.84. The number of hydrogen-bond donors (Lipinski definition) is 0. The number of aromatic nitrogens is 1. The van der Waals surface area contributed by atoms with Crippen LogP contribution in [0.25, 0.3) is 0 Å². The average Bonchev–Trinajstić information content (AvgIpc) is 2.97. The first-order chi connectivity index (χ1) is 9.99. The van der Waals surface area contributed by atoms with E-state index in [-0.39, 0.29) is 5.41 Å². The summed E-state index contributed by atoms with van der Waals surface area (Å²) in [6.07, 6.45) is 3.41. The molecule has 0 amide bonds. The second-order valence-electron chi connectivity index (χ2n) is 6.52. The molecule has 2 heterocycles. The number of carbonyl (C=O) groups excluding carboxylic acids is 1. The molecule has 0 N–H and O–H groups in total. The Labute approximate surface area is 133 Å². The van der Waals surface area contributed by atoms with E-state index < -0.39 is 0 Å². The van der Waals surface area contributed by atoms with Gasteiger partial charge in [-0.3, -0.25) is 4.79 Å². The van der Waals surface area contributed by atoms with Crippen LogP contribution in [0.5, 0.6) is 0 Å². The monoisotopic (exact) mass is 320 g/mol. The lowest BCUT2D eigenvalue weighted by molar-refractivity contribution is 0.112. The van der Waals surface area contributed by atoms with E-state index in [4.69, 9.17) is 4.98 Å². The van der Waals surface area contributed by atoms with Crippen molar-refractivity contribution < 1.29 is 4.79 Å². The van der Waals surface area contributed by atoms with Gasteiger partial charge in [0.15, 0.2) is 11.4 Å². The molecule has 0 aromatic carbocycles.